The zero-order chi connectivity index (χ0) is 25.0. The van der Waals surface area contributed by atoms with E-state index in [2.05, 4.69) is 19.9 Å². The minimum Gasteiger partial charge on any atom is -0.462 e. The van der Waals surface area contributed by atoms with Crippen LogP contribution in [0.5, 0.6) is 6.01 Å². The lowest BCUT2D eigenvalue weighted by Crippen LogP contribution is -2.46. The molecule has 0 unspecified atom stereocenters. The van der Waals surface area contributed by atoms with Crippen LogP contribution in [0.25, 0.3) is 32.2 Å². The molecule has 12 heteroatoms. The summed E-state index contributed by atoms with van der Waals surface area (Å²) in [5.41, 5.74) is 7.59. The van der Waals surface area contributed by atoms with Gasteiger partial charge in [0, 0.05) is 29.1 Å². The summed E-state index contributed by atoms with van der Waals surface area (Å²) in [7, 11) is 1.98. The van der Waals surface area contributed by atoms with E-state index in [1.165, 1.54) is 6.20 Å². The van der Waals surface area contributed by atoms with Crippen LogP contribution in [0.2, 0.25) is 0 Å². The van der Waals surface area contributed by atoms with Gasteiger partial charge in [-0.05, 0) is 18.2 Å². The smallest absolute Gasteiger partial charge is 0.317 e. The van der Waals surface area contributed by atoms with Crippen LogP contribution < -0.4 is 10.5 Å². The first kappa shape index (κ1) is 22.9. The standard InChI is InChI=1S/C24H20F2N6O3S/c1-32-2-3-33-7-11(32)8-35-24-30-5-13-14-9-34-10-15(14)17(19(26)20(13)31-24)21-18-12(4-27)23(28)36-22(18)16(25)6-29-21/h5-6,11H,2-3,7-10,28H2,1H3/t11-/m1/s1. The van der Waals surface area contributed by atoms with E-state index in [-0.39, 0.29) is 69.3 Å². The molecule has 0 radical (unpaired) electrons. The number of anilines is 1. The first-order valence-electron chi connectivity index (χ1n) is 11.2. The highest BCUT2D eigenvalue weighted by Gasteiger charge is 2.30. The Bertz CT molecular complexity index is 1570. The Morgan fingerprint density at radius 3 is 2.89 bits per heavy atom. The van der Waals surface area contributed by atoms with Crippen LogP contribution in [0.15, 0.2) is 12.4 Å². The number of nitriles is 1. The summed E-state index contributed by atoms with van der Waals surface area (Å²) < 4.78 is 47.9. The number of rotatable bonds is 4. The van der Waals surface area contributed by atoms with Crippen molar-refractivity contribution in [3.8, 4) is 23.3 Å². The summed E-state index contributed by atoms with van der Waals surface area (Å²) in [4.78, 5) is 15.0. The number of pyridine rings is 1. The van der Waals surface area contributed by atoms with Crippen LogP contribution in [0, 0.1) is 23.0 Å². The van der Waals surface area contributed by atoms with E-state index in [0.717, 1.165) is 24.1 Å². The van der Waals surface area contributed by atoms with Crippen molar-refractivity contribution in [2.45, 2.75) is 19.3 Å². The van der Waals surface area contributed by atoms with Crippen LogP contribution in [-0.2, 0) is 22.7 Å². The molecular weight excluding hydrogens is 490 g/mol. The predicted molar refractivity (Wildman–Crippen MR) is 128 cm³/mol. The molecule has 4 aromatic rings. The Balaban J connectivity index is 1.51. The van der Waals surface area contributed by atoms with Crippen LogP contribution in [0.3, 0.4) is 0 Å². The van der Waals surface area contributed by atoms with E-state index < -0.39 is 11.6 Å². The molecule has 2 aliphatic heterocycles. The average molecular weight is 511 g/mol. The van der Waals surface area contributed by atoms with Crippen molar-refractivity contribution in [3.05, 3.63) is 40.7 Å². The minimum absolute atomic E-state index is 0.0250. The number of likely N-dealkylation sites (N-methyl/N-ethyl adjacent to an activating group) is 1. The monoisotopic (exact) mass is 510 g/mol. The molecule has 3 aromatic heterocycles. The first-order valence-corrected chi connectivity index (χ1v) is 12.0. The van der Waals surface area contributed by atoms with Crippen LogP contribution in [0.1, 0.15) is 16.7 Å². The average Bonchev–Trinajstić information content (AvgIpc) is 3.49. The maximum absolute atomic E-state index is 16.2. The van der Waals surface area contributed by atoms with Gasteiger partial charge in [0.05, 0.1) is 54.6 Å². The fraction of sp³-hybridized carbons (Fsp3) is 0.333. The van der Waals surface area contributed by atoms with Gasteiger partial charge in [0.1, 0.15) is 23.2 Å². The summed E-state index contributed by atoms with van der Waals surface area (Å²) in [6.07, 6.45) is 2.54. The lowest BCUT2D eigenvalue weighted by atomic mass is 9.94. The van der Waals surface area contributed by atoms with Crippen molar-refractivity contribution in [1.29, 1.82) is 5.26 Å². The van der Waals surface area contributed by atoms with E-state index in [1.54, 1.807) is 0 Å². The molecule has 2 N–H and O–H groups in total. The fourth-order valence-electron chi connectivity index (χ4n) is 4.69. The van der Waals surface area contributed by atoms with E-state index in [0.29, 0.717) is 29.7 Å². The van der Waals surface area contributed by atoms with Crippen molar-refractivity contribution in [2.24, 2.45) is 0 Å². The number of hydrogen-bond acceptors (Lipinski definition) is 10. The molecule has 9 nitrogen and oxygen atoms in total. The number of ether oxygens (including phenoxy) is 3. The maximum atomic E-state index is 16.2. The van der Waals surface area contributed by atoms with Gasteiger partial charge in [-0.25, -0.2) is 13.8 Å². The molecule has 1 saturated heterocycles. The van der Waals surface area contributed by atoms with Crippen LogP contribution in [0.4, 0.5) is 13.8 Å². The maximum Gasteiger partial charge on any atom is 0.317 e. The number of nitrogens with zero attached hydrogens (tertiary/aromatic N) is 5. The third-order valence-corrected chi connectivity index (χ3v) is 7.68. The SMILES string of the molecule is CN1CCOC[C@@H]1COc1ncc2c3c(c(-c4ncc(F)c5sc(N)c(C#N)c45)c(F)c2n1)COC3. The summed E-state index contributed by atoms with van der Waals surface area (Å²) >= 11 is 0.931. The second-order valence-electron chi connectivity index (χ2n) is 8.69. The van der Waals surface area contributed by atoms with Gasteiger partial charge in [0.25, 0.3) is 0 Å². The third kappa shape index (κ3) is 3.55. The zero-order valence-corrected chi connectivity index (χ0v) is 20.0. The number of nitrogens with two attached hydrogens (primary N) is 1. The quantitative estimate of drug-likeness (QED) is 0.441. The Labute approximate surface area is 208 Å². The molecule has 0 bridgehead atoms. The van der Waals surface area contributed by atoms with E-state index in [1.807, 2.05) is 13.1 Å². The number of fused-ring (bicyclic) bond motifs is 4. The summed E-state index contributed by atoms with van der Waals surface area (Å²) in [6.45, 7) is 2.61. The molecule has 0 amide bonds. The van der Waals surface area contributed by atoms with E-state index in [9.17, 15) is 9.65 Å². The third-order valence-electron chi connectivity index (χ3n) is 6.65. The Morgan fingerprint density at radius 2 is 2.08 bits per heavy atom. The first-order chi connectivity index (χ1) is 17.5. The normalized spacial score (nSPS) is 18.0. The number of halogens is 2. The Kier molecular flexibility index (Phi) is 5.65. The second kappa shape index (κ2) is 8.86. The van der Waals surface area contributed by atoms with Gasteiger partial charge in [-0.3, -0.25) is 9.88 Å². The largest absolute Gasteiger partial charge is 0.462 e. The van der Waals surface area contributed by atoms with Gasteiger partial charge >= 0.3 is 6.01 Å². The van der Waals surface area contributed by atoms with Gasteiger partial charge in [-0.15, -0.1) is 11.3 Å². The molecule has 0 spiro atoms. The van der Waals surface area contributed by atoms with Gasteiger partial charge in [0.15, 0.2) is 11.6 Å². The number of aromatic nitrogens is 3. The molecular formula is C24H20F2N6O3S. The molecule has 6 rings (SSSR count). The Hall–Kier alpha value is -3.50. The van der Waals surface area contributed by atoms with Gasteiger partial charge in [-0.2, -0.15) is 10.2 Å². The molecule has 2 aliphatic rings. The highest BCUT2D eigenvalue weighted by Crippen LogP contribution is 2.44. The van der Waals surface area contributed by atoms with Crippen molar-refractivity contribution in [1.82, 2.24) is 19.9 Å². The molecule has 184 valence electrons. The molecule has 1 aromatic carbocycles. The van der Waals surface area contributed by atoms with Crippen LogP contribution in [-0.4, -0.2) is 59.3 Å². The van der Waals surface area contributed by atoms with Gasteiger partial charge in [0.2, 0.25) is 0 Å². The molecule has 36 heavy (non-hydrogen) atoms. The predicted octanol–water partition coefficient (Wildman–Crippen LogP) is 3.38. The zero-order valence-electron chi connectivity index (χ0n) is 19.2. The summed E-state index contributed by atoms with van der Waals surface area (Å²) in [5.74, 6) is -1.30. The summed E-state index contributed by atoms with van der Waals surface area (Å²) in [6, 6.07) is 2.06. The van der Waals surface area contributed by atoms with Crippen molar-refractivity contribution >= 4 is 37.3 Å². The van der Waals surface area contributed by atoms with E-state index in [4.69, 9.17) is 19.9 Å². The molecule has 0 saturated carbocycles. The number of nitrogen functional groups attached to an aromatic ring is 1. The number of benzene rings is 1. The second-order valence-corrected chi connectivity index (χ2v) is 9.74. The molecule has 1 fully saturated rings. The lowest BCUT2D eigenvalue weighted by Gasteiger charge is -2.31. The molecule has 0 aliphatic carbocycles. The number of hydrogen-bond donors (Lipinski definition) is 1. The van der Waals surface area contributed by atoms with Crippen molar-refractivity contribution < 1.29 is 23.0 Å². The molecule has 5 heterocycles. The highest BCUT2D eigenvalue weighted by atomic mass is 32.1. The number of thiophene rings is 1. The summed E-state index contributed by atoms with van der Waals surface area (Å²) in [5, 5.41) is 10.5. The van der Waals surface area contributed by atoms with Crippen LogP contribution >= 0.6 is 11.3 Å². The minimum atomic E-state index is -0.673. The van der Waals surface area contributed by atoms with Gasteiger partial charge < -0.3 is 19.9 Å². The number of morpholine rings is 1. The molecule has 1 atom stereocenters. The fourth-order valence-corrected chi connectivity index (χ4v) is 5.61. The topological polar surface area (TPSA) is 119 Å². The Morgan fingerprint density at radius 1 is 1.25 bits per heavy atom. The van der Waals surface area contributed by atoms with Crippen molar-refractivity contribution in [2.75, 3.05) is 39.1 Å². The lowest BCUT2D eigenvalue weighted by molar-refractivity contribution is -0.0119. The highest BCUT2D eigenvalue weighted by molar-refractivity contribution is 7.23. The van der Waals surface area contributed by atoms with Crippen molar-refractivity contribution in [3.63, 3.8) is 0 Å². The van der Waals surface area contributed by atoms with E-state index >= 15 is 4.39 Å². The van der Waals surface area contributed by atoms with Gasteiger partial charge in [-0.1, -0.05) is 0 Å².